The predicted octanol–water partition coefficient (Wildman–Crippen LogP) is 2.69. The van der Waals surface area contributed by atoms with E-state index in [0.717, 1.165) is 11.3 Å². The number of hydrogen-bond donors (Lipinski definition) is 0. The van der Waals surface area contributed by atoms with Gasteiger partial charge in [0, 0.05) is 5.41 Å². The van der Waals surface area contributed by atoms with Crippen LogP contribution in [-0.2, 0) is 5.41 Å². The van der Waals surface area contributed by atoms with Gasteiger partial charge >= 0.3 is 0 Å². The average molecular weight is 180 g/mol. The van der Waals surface area contributed by atoms with Gasteiger partial charge in [-0.15, -0.1) is 0 Å². The van der Waals surface area contributed by atoms with Gasteiger partial charge in [-0.25, -0.2) is 4.39 Å². The van der Waals surface area contributed by atoms with Crippen molar-refractivity contribution in [3.8, 4) is 5.75 Å². The smallest absolute Gasteiger partial charge is 0.118 e. The molecule has 0 heterocycles. The minimum absolute atomic E-state index is 0.230. The van der Waals surface area contributed by atoms with Gasteiger partial charge < -0.3 is 4.74 Å². The summed E-state index contributed by atoms with van der Waals surface area (Å²) in [6, 6.07) is 7.65. The van der Waals surface area contributed by atoms with Crippen molar-refractivity contribution in [3.63, 3.8) is 0 Å². The number of alkyl halides is 1. The Balaban J connectivity index is 2.24. The monoisotopic (exact) mass is 180 g/mol. The van der Waals surface area contributed by atoms with Crippen molar-refractivity contribution in [3.05, 3.63) is 29.8 Å². The Bertz CT molecular complexity index is 306. The Morgan fingerprint density at radius 2 is 1.92 bits per heavy atom. The summed E-state index contributed by atoms with van der Waals surface area (Å²) in [6.07, 6.45) is -0.0137. The van der Waals surface area contributed by atoms with E-state index in [2.05, 4.69) is 0 Å². The second-order valence-electron chi connectivity index (χ2n) is 3.82. The van der Waals surface area contributed by atoms with Crippen molar-refractivity contribution >= 4 is 0 Å². The fourth-order valence-electron chi connectivity index (χ4n) is 1.58. The second kappa shape index (κ2) is 2.72. The van der Waals surface area contributed by atoms with Crippen LogP contribution < -0.4 is 4.74 Å². The summed E-state index contributed by atoms with van der Waals surface area (Å²) in [5.74, 6) is 0.823. The molecule has 1 nitrogen and oxygen atoms in total. The van der Waals surface area contributed by atoms with E-state index >= 15 is 0 Å². The van der Waals surface area contributed by atoms with Gasteiger partial charge in [0.15, 0.2) is 0 Å². The molecule has 0 spiro atoms. The molecule has 0 radical (unpaired) electrons. The Labute approximate surface area is 77.5 Å². The van der Waals surface area contributed by atoms with E-state index in [1.165, 1.54) is 0 Å². The SMILES string of the molecule is COc1ccc(C2(C)CC2F)cc1. The van der Waals surface area contributed by atoms with E-state index in [1.807, 2.05) is 31.2 Å². The zero-order chi connectivity index (χ0) is 9.47. The van der Waals surface area contributed by atoms with Crippen LogP contribution in [0, 0.1) is 0 Å². The maximum atomic E-state index is 13.0. The lowest BCUT2D eigenvalue weighted by molar-refractivity contribution is 0.413. The molecule has 2 atom stereocenters. The standard InChI is InChI=1S/C11H13FO/c1-11(7-10(11)12)8-3-5-9(13-2)6-4-8/h3-6,10H,7H2,1-2H3. The largest absolute Gasteiger partial charge is 0.497 e. The maximum Gasteiger partial charge on any atom is 0.118 e. The first-order chi connectivity index (χ1) is 6.16. The van der Waals surface area contributed by atoms with E-state index < -0.39 is 6.17 Å². The molecule has 0 bridgehead atoms. The van der Waals surface area contributed by atoms with E-state index in [0.29, 0.717) is 6.42 Å². The molecule has 0 saturated heterocycles. The van der Waals surface area contributed by atoms with E-state index in [9.17, 15) is 4.39 Å². The number of hydrogen-bond acceptors (Lipinski definition) is 1. The topological polar surface area (TPSA) is 9.23 Å². The maximum absolute atomic E-state index is 13.0. The lowest BCUT2D eigenvalue weighted by Crippen LogP contribution is -2.03. The third kappa shape index (κ3) is 1.30. The number of halogens is 1. The molecule has 2 unspecified atom stereocenters. The first kappa shape index (κ1) is 8.54. The molecule has 1 saturated carbocycles. The van der Waals surface area contributed by atoms with Gasteiger partial charge in [0.05, 0.1) is 7.11 Å². The van der Waals surface area contributed by atoms with Crippen LogP contribution in [0.4, 0.5) is 4.39 Å². The molecular formula is C11H13FO. The zero-order valence-electron chi connectivity index (χ0n) is 7.88. The second-order valence-corrected chi connectivity index (χ2v) is 3.82. The zero-order valence-corrected chi connectivity index (χ0v) is 7.88. The number of benzene rings is 1. The molecule has 1 aromatic rings. The highest BCUT2D eigenvalue weighted by atomic mass is 19.1. The highest BCUT2D eigenvalue weighted by Gasteiger charge is 2.52. The lowest BCUT2D eigenvalue weighted by atomic mass is 9.98. The van der Waals surface area contributed by atoms with Crippen molar-refractivity contribution in [2.75, 3.05) is 7.11 Å². The predicted molar refractivity (Wildman–Crippen MR) is 49.9 cm³/mol. The minimum Gasteiger partial charge on any atom is -0.497 e. The van der Waals surface area contributed by atoms with Gasteiger partial charge in [-0.1, -0.05) is 19.1 Å². The van der Waals surface area contributed by atoms with E-state index in [4.69, 9.17) is 4.74 Å². The first-order valence-corrected chi connectivity index (χ1v) is 4.45. The fourth-order valence-corrected chi connectivity index (χ4v) is 1.58. The molecule has 0 aliphatic heterocycles. The minimum atomic E-state index is -0.666. The van der Waals surface area contributed by atoms with Gasteiger partial charge in [-0.05, 0) is 24.1 Å². The van der Waals surface area contributed by atoms with Crippen molar-refractivity contribution < 1.29 is 9.13 Å². The molecule has 0 amide bonds. The number of methoxy groups -OCH3 is 1. The molecule has 2 rings (SSSR count). The summed E-state index contributed by atoms with van der Waals surface area (Å²) >= 11 is 0. The van der Waals surface area contributed by atoms with Gasteiger partial charge in [0.2, 0.25) is 0 Å². The van der Waals surface area contributed by atoms with E-state index in [1.54, 1.807) is 7.11 Å². The van der Waals surface area contributed by atoms with E-state index in [-0.39, 0.29) is 5.41 Å². The van der Waals surface area contributed by atoms with Crippen LogP contribution in [0.5, 0.6) is 5.75 Å². The summed E-state index contributed by atoms with van der Waals surface area (Å²) in [5.41, 5.74) is 0.840. The molecule has 0 aromatic heterocycles. The van der Waals surface area contributed by atoms with Gasteiger partial charge in [0.25, 0.3) is 0 Å². The van der Waals surface area contributed by atoms with Crippen molar-refractivity contribution in [2.24, 2.45) is 0 Å². The first-order valence-electron chi connectivity index (χ1n) is 4.45. The summed E-state index contributed by atoms with van der Waals surface area (Å²) in [4.78, 5) is 0. The van der Waals surface area contributed by atoms with Crippen LogP contribution in [0.2, 0.25) is 0 Å². The summed E-state index contributed by atoms with van der Waals surface area (Å²) in [5, 5.41) is 0. The molecule has 1 aromatic carbocycles. The lowest BCUT2D eigenvalue weighted by Gasteiger charge is -2.09. The molecule has 1 aliphatic carbocycles. The van der Waals surface area contributed by atoms with Crippen LogP contribution in [-0.4, -0.2) is 13.3 Å². The third-order valence-electron chi connectivity index (χ3n) is 2.88. The highest BCUT2D eigenvalue weighted by Crippen LogP contribution is 2.50. The van der Waals surface area contributed by atoms with Crippen molar-refractivity contribution in [1.82, 2.24) is 0 Å². The molecule has 2 heteroatoms. The van der Waals surface area contributed by atoms with Crippen LogP contribution in [0.1, 0.15) is 18.9 Å². The Hall–Kier alpha value is -1.05. The van der Waals surface area contributed by atoms with Crippen LogP contribution in [0.3, 0.4) is 0 Å². The average Bonchev–Trinajstić information content (AvgIpc) is 2.76. The summed E-state index contributed by atoms with van der Waals surface area (Å²) in [6.45, 7) is 1.96. The third-order valence-corrected chi connectivity index (χ3v) is 2.88. The van der Waals surface area contributed by atoms with Crippen LogP contribution in [0.15, 0.2) is 24.3 Å². The summed E-state index contributed by atoms with van der Waals surface area (Å²) < 4.78 is 18.0. The number of rotatable bonds is 2. The molecule has 1 aliphatic rings. The van der Waals surface area contributed by atoms with Crippen LogP contribution >= 0.6 is 0 Å². The fraction of sp³-hybridized carbons (Fsp3) is 0.455. The number of ether oxygens (including phenoxy) is 1. The molecule has 0 N–H and O–H groups in total. The van der Waals surface area contributed by atoms with Crippen LogP contribution in [0.25, 0.3) is 0 Å². The molecule has 70 valence electrons. The quantitative estimate of drug-likeness (QED) is 0.680. The van der Waals surface area contributed by atoms with Gasteiger partial charge in [-0.2, -0.15) is 0 Å². The normalized spacial score (nSPS) is 31.5. The highest BCUT2D eigenvalue weighted by molar-refractivity contribution is 5.37. The Kier molecular flexibility index (Phi) is 1.79. The Morgan fingerprint density at radius 3 is 2.31 bits per heavy atom. The van der Waals surface area contributed by atoms with Crippen molar-refractivity contribution in [2.45, 2.75) is 24.9 Å². The summed E-state index contributed by atoms with van der Waals surface area (Å²) in [7, 11) is 1.63. The molecule has 1 fully saturated rings. The van der Waals surface area contributed by atoms with Gasteiger partial charge in [0.1, 0.15) is 11.9 Å². The Morgan fingerprint density at radius 1 is 1.38 bits per heavy atom. The van der Waals surface area contributed by atoms with Gasteiger partial charge in [-0.3, -0.25) is 0 Å². The molecule has 13 heavy (non-hydrogen) atoms. The molecular weight excluding hydrogens is 167 g/mol. The van der Waals surface area contributed by atoms with Crippen molar-refractivity contribution in [1.29, 1.82) is 0 Å².